The summed E-state index contributed by atoms with van der Waals surface area (Å²) in [7, 11) is 0. The van der Waals surface area contributed by atoms with Crippen LogP contribution in [0.5, 0.6) is 0 Å². The van der Waals surface area contributed by atoms with E-state index in [4.69, 9.17) is 0 Å². The number of halogens is 1. The zero-order valence-electron chi connectivity index (χ0n) is 15.7. The Bertz CT molecular complexity index is 603. The van der Waals surface area contributed by atoms with Gasteiger partial charge < -0.3 is 20.4 Å². The van der Waals surface area contributed by atoms with Crippen LogP contribution in [0.4, 0.5) is 10.1 Å². The summed E-state index contributed by atoms with van der Waals surface area (Å²) in [5.74, 6) is -0.500. The minimum absolute atomic E-state index is 0.0993. The number of benzene rings is 1. The van der Waals surface area contributed by atoms with Gasteiger partial charge in [-0.05, 0) is 25.5 Å². The van der Waals surface area contributed by atoms with Gasteiger partial charge in [0.25, 0.3) is 11.8 Å². The highest BCUT2D eigenvalue weighted by molar-refractivity contribution is 5.93. The van der Waals surface area contributed by atoms with Gasteiger partial charge in [-0.1, -0.05) is 25.5 Å². The molecule has 1 aliphatic rings. The third-order valence-corrected chi connectivity index (χ3v) is 5.00. The standard InChI is InChI=1S/C19H29FN4O2/c1-3-4-9-21-18(25)14-23-10-12-24(13-11-23)15(2)19(26)22-17-8-6-5-7-16(17)20/h5-8,15H,3-4,9-14H2,1-2H3,(H,21,25)(H,22,26)/p+2/t15-/m0/s1. The van der Waals surface area contributed by atoms with Gasteiger partial charge in [-0.3, -0.25) is 9.59 Å². The van der Waals surface area contributed by atoms with E-state index in [-0.39, 0.29) is 23.5 Å². The van der Waals surface area contributed by atoms with Gasteiger partial charge in [-0.25, -0.2) is 4.39 Å². The number of piperazine rings is 1. The minimum atomic E-state index is -0.425. The third kappa shape index (κ3) is 6.07. The number of hydrogen-bond donors (Lipinski definition) is 4. The molecular formula is C19H31FN4O2+2. The third-order valence-electron chi connectivity index (χ3n) is 5.00. The number of hydrogen-bond acceptors (Lipinski definition) is 2. The Balaban J connectivity index is 1.75. The molecule has 0 aliphatic carbocycles. The van der Waals surface area contributed by atoms with Gasteiger partial charge in [0.1, 0.15) is 32.0 Å². The van der Waals surface area contributed by atoms with E-state index in [2.05, 4.69) is 17.6 Å². The topological polar surface area (TPSA) is 67.1 Å². The second-order valence-corrected chi connectivity index (χ2v) is 6.98. The molecule has 0 aromatic heterocycles. The number of para-hydroxylation sites is 1. The van der Waals surface area contributed by atoms with Crippen LogP contribution in [0.25, 0.3) is 0 Å². The van der Waals surface area contributed by atoms with Crippen LogP contribution in [0.3, 0.4) is 0 Å². The molecule has 144 valence electrons. The number of anilines is 1. The van der Waals surface area contributed by atoms with Crippen molar-refractivity contribution in [3.63, 3.8) is 0 Å². The van der Waals surface area contributed by atoms with Crippen LogP contribution < -0.4 is 20.4 Å². The van der Waals surface area contributed by atoms with E-state index < -0.39 is 5.82 Å². The van der Waals surface area contributed by atoms with Crippen molar-refractivity contribution in [2.75, 3.05) is 44.6 Å². The Labute approximate surface area is 154 Å². The fourth-order valence-electron chi connectivity index (χ4n) is 3.22. The largest absolute Gasteiger partial charge is 0.351 e. The van der Waals surface area contributed by atoms with Crippen LogP contribution >= 0.6 is 0 Å². The van der Waals surface area contributed by atoms with E-state index in [1.54, 1.807) is 18.2 Å². The molecule has 6 nitrogen and oxygen atoms in total. The first-order valence-corrected chi connectivity index (χ1v) is 9.51. The minimum Gasteiger partial charge on any atom is -0.351 e. The molecule has 4 N–H and O–H groups in total. The quantitative estimate of drug-likeness (QED) is 0.439. The Kier molecular flexibility index (Phi) is 8.00. The van der Waals surface area contributed by atoms with Crippen LogP contribution in [-0.2, 0) is 9.59 Å². The summed E-state index contributed by atoms with van der Waals surface area (Å²) >= 11 is 0. The molecule has 1 heterocycles. The molecule has 1 aliphatic heterocycles. The Hall–Kier alpha value is -1.99. The highest BCUT2D eigenvalue weighted by atomic mass is 19.1. The fraction of sp³-hybridized carbons (Fsp3) is 0.579. The summed E-state index contributed by atoms with van der Waals surface area (Å²) in [6.45, 7) is 8.56. The van der Waals surface area contributed by atoms with E-state index in [9.17, 15) is 14.0 Å². The number of quaternary nitrogens is 2. The molecule has 2 amide bonds. The first kappa shape index (κ1) is 20.3. The molecule has 0 radical (unpaired) electrons. The zero-order chi connectivity index (χ0) is 18.9. The number of amides is 2. The summed E-state index contributed by atoms with van der Waals surface area (Å²) in [5, 5.41) is 5.62. The van der Waals surface area contributed by atoms with Gasteiger partial charge in [-0.2, -0.15) is 0 Å². The maximum absolute atomic E-state index is 13.7. The SMILES string of the molecule is CCCCNC(=O)C[NH+]1CC[NH+]([C@@H](C)C(=O)Nc2ccccc2F)CC1. The van der Waals surface area contributed by atoms with Gasteiger partial charge in [0, 0.05) is 6.54 Å². The van der Waals surface area contributed by atoms with Crippen molar-refractivity contribution in [1.82, 2.24) is 5.32 Å². The first-order valence-electron chi connectivity index (χ1n) is 9.51. The van der Waals surface area contributed by atoms with Gasteiger partial charge in [0.2, 0.25) is 0 Å². The van der Waals surface area contributed by atoms with Crippen LogP contribution in [0.15, 0.2) is 24.3 Å². The van der Waals surface area contributed by atoms with Gasteiger partial charge >= 0.3 is 0 Å². The van der Waals surface area contributed by atoms with E-state index in [1.165, 1.54) is 15.9 Å². The Morgan fingerprint density at radius 1 is 1.19 bits per heavy atom. The normalized spacial score (nSPS) is 21.0. The van der Waals surface area contributed by atoms with Crippen molar-refractivity contribution >= 4 is 17.5 Å². The molecule has 26 heavy (non-hydrogen) atoms. The molecule has 7 heteroatoms. The lowest BCUT2D eigenvalue weighted by Crippen LogP contribution is -3.30. The molecule has 0 bridgehead atoms. The summed E-state index contributed by atoms with van der Waals surface area (Å²) in [6.07, 6.45) is 2.08. The van der Waals surface area contributed by atoms with Crippen LogP contribution in [0, 0.1) is 5.82 Å². The summed E-state index contributed by atoms with van der Waals surface area (Å²) in [4.78, 5) is 26.7. The van der Waals surface area contributed by atoms with Crippen LogP contribution in [-0.4, -0.2) is 57.1 Å². The summed E-state index contributed by atoms with van der Waals surface area (Å²) < 4.78 is 13.7. The predicted molar refractivity (Wildman–Crippen MR) is 98.7 cm³/mol. The van der Waals surface area contributed by atoms with Crippen molar-refractivity contribution in [3.05, 3.63) is 30.1 Å². The predicted octanol–water partition coefficient (Wildman–Crippen LogP) is -1.15. The molecule has 1 atom stereocenters. The number of unbranched alkanes of at least 4 members (excludes halogenated alkanes) is 1. The number of rotatable bonds is 8. The highest BCUT2D eigenvalue weighted by Gasteiger charge is 2.31. The van der Waals surface area contributed by atoms with Gasteiger partial charge in [0.15, 0.2) is 12.6 Å². The molecule has 2 rings (SSSR count). The molecule has 1 saturated heterocycles. The van der Waals surface area contributed by atoms with Gasteiger partial charge in [-0.15, -0.1) is 0 Å². The first-order chi connectivity index (χ1) is 12.5. The van der Waals surface area contributed by atoms with Crippen molar-refractivity contribution < 1.29 is 23.8 Å². The van der Waals surface area contributed by atoms with E-state index in [0.717, 1.165) is 45.6 Å². The lowest BCUT2D eigenvalue weighted by Gasteiger charge is -2.32. The smallest absolute Gasteiger partial charge is 0.282 e. The lowest BCUT2D eigenvalue weighted by molar-refractivity contribution is -1.01. The molecule has 1 fully saturated rings. The summed E-state index contributed by atoms with van der Waals surface area (Å²) in [5.41, 5.74) is 0.219. The maximum Gasteiger partial charge on any atom is 0.282 e. The van der Waals surface area contributed by atoms with Crippen molar-refractivity contribution in [3.8, 4) is 0 Å². The number of nitrogens with one attached hydrogen (secondary N) is 4. The van der Waals surface area contributed by atoms with Crippen molar-refractivity contribution in [2.45, 2.75) is 32.7 Å². The fourth-order valence-corrected chi connectivity index (χ4v) is 3.22. The zero-order valence-corrected chi connectivity index (χ0v) is 15.7. The molecule has 1 aromatic rings. The molecule has 0 unspecified atom stereocenters. The average Bonchev–Trinajstić information content (AvgIpc) is 2.64. The molecule has 0 saturated carbocycles. The van der Waals surface area contributed by atoms with E-state index >= 15 is 0 Å². The molecule has 0 spiro atoms. The number of carbonyl (C=O) groups excluding carboxylic acids is 2. The molecule has 1 aromatic carbocycles. The monoisotopic (exact) mass is 366 g/mol. The van der Waals surface area contributed by atoms with Crippen molar-refractivity contribution in [2.24, 2.45) is 0 Å². The second-order valence-electron chi connectivity index (χ2n) is 6.98. The number of carbonyl (C=O) groups is 2. The second kappa shape index (κ2) is 10.2. The van der Waals surface area contributed by atoms with Crippen LogP contribution in [0.1, 0.15) is 26.7 Å². The Morgan fingerprint density at radius 2 is 1.88 bits per heavy atom. The van der Waals surface area contributed by atoms with E-state index in [1.807, 2.05) is 6.92 Å². The van der Waals surface area contributed by atoms with E-state index in [0.29, 0.717) is 6.54 Å². The summed E-state index contributed by atoms with van der Waals surface area (Å²) in [6, 6.07) is 5.94. The maximum atomic E-state index is 13.7. The van der Waals surface area contributed by atoms with Gasteiger partial charge in [0.05, 0.1) is 5.69 Å². The lowest BCUT2D eigenvalue weighted by atomic mass is 10.2. The Morgan fingerprint density at radius 3 is 2.54 bits per heavy atom. The molecular weight excluding hydrogens is 335 g/mol. The highest BCUT2D eigenvalue weighted by Crippen LogP contribution is 2.12. The van der Waals surface area contributed by atoms with Crippen LogP contribution in [0.2, 0.25) is 0 Å². The van der Waals surface area contributed by atoms with Crippen molar-refractivity contribution in [1.29, 1.82) is 0 Å². The average molecular weight is 366 g/mol.